The topological polar surface area (TPSA) is 21.3 Å². The number of ether oxygens (including phenoxy) is 1. The van der Waals surface area contributed by atoms with Gasteiger partial charge in [0.1, 0.15) is 0 Å². The van der Waals surface area contributed by atoms with Gasteiger partial charge in [-0.15, -0.1) is 0 Å². The molecular weight excluding hydrogens is 150 g/mol. The van der Waals surface area contributed by atoms with Crippen LogP contribution in [0.3, 0.4) is 0 Å². The van der Waals surface area contributed by atoms with Crippen molar-refractivity contribution in [2.45, 2.75) is 19.3 Å². The molecule has 2 rings (SSSR count). The average Bonchev–Trinajstić information content (AvgIpc) is 2.59. The minimum Gasteiger partial charge on any atom is -0.381 e. The van der Waals surface area contributed by atoms with E-state index >= 15 is 0 Å². The van der Waals surface area contributed by atoms with Crippen molar-refractivity contribution in [2.75, 3.05) is 26.3 Å². The average molecular weight is 167 g/mol. The van der Waals surface area contributed by atoms with Gasteiger partial charge in [-0.05, 0) is 25.8 Å². The summed E-state index contributed by atoms with van der Waals surface area (Å²) >= 11 is 0. The van der Waals surface area contributed by atoms with E-state index < -0.39 is 0 Å². The van der Waals surface area contributed by atoms with E-state index in [4.69, 9.17) is 4.74 Å². The molecule has 0 radical (unpaired) electrons. The van der Waals surface area contributed by atoms with Crippen LogP contribution in [0.1, 0.15) is 19.3 Å². The monoisotopic (exact) mass is 167 g/mol. The van der Waals surface area contributed by atoms with Crippen LogP contribution < -0.4 is 5.32 Å². The summed E-state index contributed by atoms with van der Waals surface area (Å²) in [5, 5.41) is 3.40. The second-order valence-corrected chi connectivity index (χ2v) is 3.73. The van der Waals surface area contributed by atoms with E-state index in [1.54, 1.807) is 5.57 Å². The molecule has 68 valence electrons. The minimum absolute atomic E-state index is 0.708. The zero-order valence-corrected chi connectivity index (χ0v) is 7.51. The van der Waals surface area contributed by atoms with E-state index in [2.05, 4.69) is 11.4 Å². The molecule has 0 aromatic rings. The van der Waals surface area contributed by atoms with E-state index in [1.165, 1.54) is 25.8 Å². The Morgan fingerprint density at radius 1 is 1.50 bits per heavy atom. The van der Waals surface area contributed by atoms with Crippen LogP contribution >= 0.6 is 0 Å². The molecule has 2 nitrogen and oxygen atoms in total. The largest absolute Gasteiger partial charge is 0.381 e. The Labute approximate surface area is 74.0 Å². The van der Waals surface area contributed by atoms with Crippen molar-refractivity contribution in [3.63, 3.8) is 0 Å². The maximum absolute atomic E-state index is 5.33. The lowest BCUT2D eigenvalue weighted by Crippen LogP contribution is -2.24. The predicted molar refractivity (Wildman–Crippen MR) is 49.1 cm³/mol. The summed E-state index contributed by atoms with van der Waals surface area (Å²) in [6, 6.07) is 0. The molecule has 2 heterocycles. The number of hydrogen-bond donors (Lipinski definition) is 1. The van der Waals surface area contributed by atoms with Crippen LogP contribution in [0.15, 0.2) is 11.6 Å². The van der Waals surface area contributed by atoms with Crippen molar-refractivity contribution in [2.24, 2.45) is 5.92 Å². The van der Waals surface area contributed by atoms with Crippen molar-refractivity contribution in [1.82, 2.24) is 5.32 Å². The Hall–Kier alpha value is -0.340. The van der Waals surface area contributed by atoms with Crippen LogP contribution in [0.25, 0.3) is 0 Å². The molecule has 2 aliphatic rings. The van der Waals surface area contributed by atoms with Gasteiger partial charge in [-0.25, -0.2) is 0 Å². The summed E-state index contributed by atoms with van der Waals surface area (Å²) < 4.78 is 5.33. The first-order chi connectivity index (χ1) is 5.95. The lowest BCUT2D eigenvalue weighted by atomic mass is 10.00. The van der Waals surface area contributed by atoms with E-state index in [-0.39, 0.29) is 0 Å². The Morgan fingerprint density at radius 3 is 3.17 bits per heavy atom. The molecule has 2 fully saturated rings. The van der Waals surface area contributed by atoms with E-state index in [0.29, 0.717) is 5.92 Å². The molecule has 2 saturated heterocycles. The fraction of sp³-hybridized carbons (Fsp3) is 0.800. The summed E-state index contributed by atoms with van der Waals surface area (Å²) in [4.78, 5) is 0. The van der Waals surface area contributed by atoms with Gasteiger partial charge in [0.15, 0.2) is 0 Å². The number of rotatable bonds is 1. The minimum atomic E-state index is 0.708. The van der Waals surface area contributed by atoms with Crippen LogP contribution in [0, 0.1) is 5.92 Å². The van der Waals surface area contributed by atoms with Gasteiger partial charge in [0.2, 0.25) is 0 Å². The molecule has 1 N–H and O–H groups in total. The first-order valence-electron chi connectivity index (χ1n) is 4.93. The first kappa shape index (κ1) is 8.27. The summed E-state index contributed by atoms with van der Waals surface area (Å²) in [6.07, 6.45) is 6.26. The van der Waals surface area contributed by atoms with Crippen LogP contribution in [0.5, 0.6) is 0 Å². The van der Waals surface area contributed by atoms with Crippen LogP contribution in [-0.4, -0.2) is 26.3 Å². The Morgan fingerprint density at radius 2 is 2.50 bits per heavy atom. The van der Waals surface area contributed by atoms with E-state index in [9.17, 15) is 0 Å². The standard InChI is InChI=1S/C10H17NO/c1-2-9(7-11-4-1)6-10-3-5-12-8-10/h6,10-11H,1-5,7-8H2/b9-6-. The normalized spacial score (nSPS) is 34.3. The zero-order valence-electron chi connectivity index (χ0n) is 7.51. The second kappa shape index (κ2) is 4.06. The molecule has 1 atom stereocenters. The van der Waals surface area contributed by atoms with Gasteiger partial charge < -0.3 is 10.1 Å². The van der Waals surface area contributed by atoms with Crippen LogP contribution in [0.2, 0.25) is 0 Å². The maximum atomic E-state index is 5.33. The molecule has 0 amide bonds. The van der Waals surface area contributed by atoms with Gasteiger partial charge >= 0.3 is 0 Å². The van der Waals surface area contributed by atoms with Crippen molar-refractivity contribution in [3.05, 3.63) is 11.6 Å². The summed E-state index contributed by atoms with van der Waals surface area (Å²) in [5.74, 6) is 0.708. The Kier molecular flexibility index (Phi) is 2.79. The highest BCUT2D eigenvalue weighted by Gasteiger charge is 2.14. The zero-order chi connectivity index (χ0) is 8.23. The SMILES string of the molecule is C(=C1\CCCNC1)/C1CCOC1. The van der Waals surface area contributed by atoms with Crippen molar-refractivity contribution in [3.8, 4) is 0 Å². The van der Waals surface area contributed by atoms with Gasteiger partial charge in [0.25, 0.3) is 0 Å². The third kappa shape index (κ3) is 2.08. The highest BCUT2D eigenvalue weighted by atomic mass is 16.5. The van der Waals surface area contributed by atoms with Gasteiger partial charge in [0, 0.05) is 19.1 Å². The van der Waals surface area contributed by atoms with Gasteiger partial charge in [-0.3, -0.25) is 0 Å². The quantitative estimate of drug-likeness (QED) is 0.595. The maximum Gasteiger partial charge on any atom is 0.0529 e. The molecule has 0 spiro atoms. The molecule has 0 aromatic heterocycles. The molecule has 0 bridgehead atoms. The van der Waals surface area contributed by atoms with Gasteiger partial charge in [-0.2, -0.15) is 0 Å². The second-order valence-electron chi connectivity index (χ2n) is 3.73. The van der Waals surface area contributed by atoms with Gasteiger partial charge in [0.05, 0.1) is 6.61 Å². The van der Waals surface area contributed by atoms with Gasteiger partial charge in [-0.1, -0.05) is 11.6 Å². The number of nitrogens with one attached hydrogen (secondary N) is 1. The van der Waals surface area contributed by atoms with E-state index in [0.717, 1.165) is 19.8 Å². The predicted octanol–water partition coefficient (Wildman–Crippen LogP) is 1.33. The van der Waals surface area contributed by atoms with Crippen LogP contribution in [0.4, 0.5) is 0 Å². The lowest BCUT2D eigenvalue weighted by Gasteiger charge is -2.16. The van der Waals surface area contributed by atoms with Crippen LogP contribution in [-0.2, 0) is 4.74 Å². The first-order valence-corrected chi connectivity index (χ1v) is 4.93. The Balaban J connectivity index is 1.87. The fourth-order valence-electron chi connectivity index (χ4n) is 1.94. The summed E-state index contributed by atoms with van der Waals surface area (Å²) in [7, 11) is 0. The van der Waals surface area contributed by atoms with Crippen molar-refractivity contribution < 1.29 is 4.74 Å². The lowest BCUT2D eigenvalue weighted by molar-refractivity contribution is 0.191. The molecule has 0 saturated carbocycles. The number of piperidine rings is 1. The van der Waals surface area contributed by atoms with E-state index in [1.807, 2.05) is 0 Å². The molecule has 1 unspecified atom stereocenters. The molecule has 2 heteroatoms. The third-order valence-corrected chi connectivity index (χ3v) is 2.64. The molecule has 0 aromatic carbocycles. The fourth-order valence-corrected chi connectivity index (χ4v) is 1.94. The van der Waals surface area contributed by atoms with Crippen molar-refractivity contribution in [1.29, 1.82) is 0 Å². The molecule has 0 aliphatic carbocycles. The van der Waals surface area contributed by atoms with Crippen molar-refractivity contribution >= 4 is 0 Å². The smallest absolute Gasteiger partial charge is 0.0529 e. The number of hydrogen-bond acceptors (Lipinski definition) is 2. The Bertz CT molecular complexity index is 163. The molecule has 12 heavy (non-hydrogen) atoms. The third-order valence-electron chi connectivity index (χ3n) is 2.64. The molecule has 2 aliphatic heterocycles. The molecular formula is C10H17NO. The highest BCUT2D eigenvalue weighted by molar-refractivity contribution is 5.09. The summed E-state index contributed by atoms with van der Waals surface area (Å²) in [6.45, 7) is 4.21. The summed E-state index contributed by atoms with van der Waals surface area (Å²) in [5.41, 5.74) is 1.59. The highest BCUT2D eigenvalue weighted by Crippen LogP contribution is 2.18.